The van der Waals surface area contributed by atoms with Gasteiger partial charge in [0.1, 0.15) is 6.10 Å². The number of benzene rings is 2. The maximum Gasteiger partial charge on any atom is 0.416 e. The molecule has 2 aromatic carbocycles. The first-order valence-corrected chi connectivity index (χ1v) is 8.55. The minimum atomic E-state index is -4.51. The van der Waals surface area contributed by atoms with E-state index in [1.54, 1.807) is 12.1 Å². The fourth-order valence-electron chi connectivity index (χ4n) is 2.71. The Hall–Kier alpha value is -2.62. The zero-order valence-electron chi connectivity index (χ0n) is 15.1. The molecular weight excluding hydrogens is 411 g/mol. The first kappa shape index (κ1) is 22.7. The van der Waals surface area contributed by atoms with Crippen LogP contribution in [0.3, 0.4) is 0 Å². The third-order valence-corrected chi connectivity index (χ3v) is 4.10. The highest BCUT2D eigenvalue weighted by atomic mass is 35.5. The van der Waals surface area contributed by atoms with Crippen molar-refractivity contribution in [2.75, 3.05) is 30.3 Å². The average molecular weight is 430 g/mol. The largest absolute Gasteiger partial charge is 0.416 e. The number of carbonyl (C=O) groups excluding carboxylic acids is 2. The number of hydrogen-bond acceptors (Lipinski definition) is 4. The van der Waals surface area contributed by atoms with Crippen molar-refractivity contribution in [3.05, 3.63) is 59.7 Å². The minimum Gasteiger partial charge on any atom is -0.366 e. The highest BCUT2D eigenvalue weighted by molar-refractivity contribution is 6.10. The van der Waals surface area contributed by atoms with Gasteiger partial charge in [0.05, 0.1) is 23.4 Å². The number of hydrogen-bond donors (Lipinski definition) is 3. The van der Waals surface area contributed by atoms with Crippen molar-refractivity contribution in [3.8, 4) is 0 Å². The maximum absolute atomic E-state index is 12.8. The van der Waals surface area contributed by atoms with Crippen LogP contribution >= 0.6 is 12.4 Å². The van der Waals surface area contributed by atoms with Crippen LogP contribution in [0, 0.1) is 0 Å². The molecule has 156 valence electrons. The summed E-state index contributed by atoms with van der Waals surface area (Å²) in [6.45, 7) is 1.40. The van der Waals surface area contributed by atoms with Gasteiger partial charge in [-0.15, -0.1) is 12.4 Å². The molecule has 1 fully saturated rings. The molecule has 2 amide bonds. The van der Waals surface area contributed by atoms with Crippen molar-refractivity contribution in [2.24, 2.45) is 0 Å². The minimum absolute atomic E-state index is 0. The van der Waals surface area contributed by atoms with Crippen LogP contribution in [0.25, 0.3) is 0 Å². The Bertz CT molecular complexity index is 871. The van der Waals surface area contributed by atoms with E-state index >= 15 is 0 Å². The van der Waals surface area contributed by atoms with E-state index < -0.39 is 29.7 Å². The van der Waals surface area contributed by atoms with Crippen LogP contribution in [-0.4, -0.2) is 37.6 Å². The molecule has 0 spiro atoms. The van der Waals surface area contributed by atoms with Crippen molar-refractivity contribution in [3.63, 3.8) is 0 Å². The molecule has 3 N–H and O–H groups in total. The van der Waals surface area contributed by atoms with Gasteiger partial charge in [0.2, 0.25) is 0 Å². The highest BCUT2D eigenvalue weighted by Crippen LogP contribution is 2.31. The lowest BCUT2D eigenvalue weighted by Gasteiger charge is -2.23. The van der Waals surface area contributed by atoms with Gasteiger partial charge >= 0.3 is 6.18 Å². The zero-order chi connectivity index (χ0) is 20.1. The van der Waals surface area contributed by atoms with Gasteiger partial charge in [-0.05, 0) is 30.3 Å². The molecule has 2 aromatic rings. The molecule has 0 aliphatic carbocycles. The van der Waals surface area contributed by atoms with E-state index in [-0.39, 0.29) is 29.3 Å². The Balaban J connectivity index is 0.00000300. The van der Waals surface area contributed by atoms with E-state index in [1.165, 1.54) is 24.3 Å². The molecule has 0 aromatic heterocycles. The third-order valence-electron chi connectivity index (χ3n) is 4.10. The van der Waals surface area contributed by atoms with Crippen molar-refractivity contribution in [1.82, 2.24) is 5.32 Å². The van der Waals surface area contributed by atoms with Gasteiger partial charge in [-0.1, -0.05) is 18.2 Å². The lowest BCUT2D eigenvalue weighted by Crippen LogP contribution is -2.45. The van der Waals surface area contributed by atoms with Gasteiger partial charge in [0.25, 0.3) is 11.8 Å². The number of amides is 2. The Morgan fingerprint density at radius 2 is 1.83 bits per heavy atom. The van der Waals surface area contributed by atoms with E-state index in [9.17, 15) is 22.8 Å². The second-order valence-corrected chi connectivity index (χ2v) is 6.13. The summed E-state index contributed by atoms with van der Waals surface area (Å²) in [4.78, 5) is 24.9. The number of anilines is 2. The molecule has 1 aliphatic heterocycles. The first-order chi connectivity index (χ1) is 13.3. The second-order valence-electron chi connectivity index (χ2n) is 6.13. The van der Waals surface area contributed by atoms with Gasteiger partial charge in [0.15, 0.2) is 0 Å². The van der Waals surface area contributed by atoms with Crippen LogP contribution in [-0.2, 0) is 15.7 Å². The maximum atomic E-state index is 12.8. The van der Waals surface area contributed by atoms with Crippen LogP contribution in [0.1, 0.15) is 15.9 Å². The first-order valence-electron chi connectivity index (χ1n) is 8.55. The van der Waals surface area contributed by atoms with Gasteiger partial charge in [-0.3, -0.25) is 9.59 Å². The normalized spacial score (nSPS) is 16.4. The quantitative estimate of drug-likeness (QED) is 0.696. The van der Waals surface area contributed by atoms with Crippen LogP contribution in [0.4, 0.5) is 24.5 Å². The summed E-state index contributed by atoms with van der Waals surface area (Å²) in [5.74, 6) is -1.05. The van der Waals surface area contributed by atoms with Crippen LogP contribution < -0.4 is 16.0 Å². The van der Waals surface area contributed by atoms with Gasteiger partial charge in [0, 0.05) is 18.8 Å². The molecule has 0 radical (unpaired) electrons. The van der Waals surface area contributed by atoms with Gasteiger partial charge in [-0.2, -0.15) is 13.2 Å². The molecule has 0 saturated carbocycles. The molecule has 1 unspecified atom stereocenters. The molecule has 0 bridgehead atoms. The van der Waals surface area contributed by atoms with E-state index in [1.807, 2.05) is 0 Å². The highest BCUT2D eigenvalue weighted by Gasteiger charge is 2.30. The number of ether oxygens (including phenoxy) is 1. The van der Waals surface area contributed by atoms with E-state index in [4.69, 9.17) is 4.74 Å². The lowest BCUT2D eigenvalue weighted by atomic mass is 10.1. The molecule has 1 saturated heterocycles. The summed E-state index contributed by atoms with van der Waals surface area (Å²) >= 11 is 0. The summed E-state index contributed by atoms with van der Waals surface area (Å²) in [5, 5.41) is 8.10. The Labute approximate surface area is 171 Å². The summed E-state index contributed by atoms with van der Waals surface area (Å²) in [6, 6.07) is 10.6. The Kier molecular flexibility index (Phi) is 7.60. The molecule has 10 heteroatoms. The third kappa shape index (κ3) is 5.93. The average Bonchev–Trinajstić information content (AvgIpc) is 2.68. The van der Waals surface area contributed by atoms with Crippen LogP contribution in [0.5, 0.6) is 0 Å². The number of morpholine rings is 1. The molecule has 29 heavy (non-hydrogen) atoms. The molecule has 1 heterocycles. The molecular formula is C19H19ClF3N3O3. The lowest BCUT2D eigenvalue weighted by molar-refractivity contribution is -0.137. The number of carbonyl (C=O) groups is 2. The van der Waals surface area contributed by atoms with Crippen molar-refractivity contribution in [1.29, 1.82) is 0 Å². The Morgan fingerprint density at radius 3 is 2.52 bits per heavy atom. The second kappa shape index (κ2) is 9.73. The van der Waals surface area contributed by atoms with E-state index in [0.717, 1.165) is 12.1 Å². The van der Waals surface area contributed by atoms with E-state index in [0.29, 0.717) is 19.7 Å². The number of nitrogens with one attached hydrogen (secondary N) is 3. The predicted molar refractivity (Wildman–Crippen MR) is 104 cm³/mol. The Morgan fingerprint density at radius 1 is 1.07 bits per heavy atom. The van der Waals surface area contributed by atoms with Crippen molar-refractivity contribution >= 4 is 35.6 Å². The molecule has 3 rings (SSSR count). The fourth-order valence-corrected chi connectivity index (χ4v) is 2.71. The smallest absolute Gasteiger partial charge is 0.366 e. The van der Waals surface area contributed by atoms with Crippen LogP contribution in [0.2, 0.25) is 0 Å². The predicted octanol–water partition coefficient (Wildman–Crippen LogP) is 3.31. The standard InChI is InChI=1S/C19H18F3N3O3.ClH/c20-19(21,22)12-4-3-5-13(10-12)24-17(26)14-6-1-2-7-15(14)25-18(27)16-11-23-8-9-28-16;/h1-7,10,16,23H,8-9,11H2,(H,24,26)(H,25,27);1H. The van der Waals surface area contributed by atoms with Gasteiger partial charge in [-0.25, -0.2) is 0 Å². The molecule has 1 atom stereocenters. The van der Waals surface area contributed by atoms with Crippen molar-refractivity contribution < 1.29 is 27.5 Å². The summed E-state index contributed by atoms with van der Waals surface area (Å²) < 4.78 is 43.9. The topological polar surface area (TPSA) is 79.5 Å². The van der Waals surface area contributed by atoms with E-state index in [2.05, 4.69) is 16.0 Å². The monoisotopic (exact) mass is 429 g/mol. The summed E-state index contributed by atoms with van der Waals surface area (Å²) in [5.41, 5.74) is -0.502. The number of para-hydroxylation sites is 1. The fraction of sp³-hybridized carbons (Fsp3) is 0.263. The van der Waals surface area contributed by atoms with Gasteiger partial charge < -0.3 is 20.7 Å². The number of halogens is 4. The zero-order valence-corrected chi connectivity index (χ0v) is 15.9. The molecule has 6 nitrogen and oxygen atoms in total. The van der Waals surface area contributed by atoms with Crippen LogP contribution in [0.15, 0.2) is 48.5 Å². The molecule has 1 aliphatic rings. The summed E-state index contributed by atoms with van der Waals surface area (Å²) in [6.07, 6.45) is -5.20. The number of rotatable bonds is 4. The number of alkyl halides is 3. The van der Waals surface area contributed by atoms with Crippen molar-refractivity contribution in [2.45, 2.75) is 12.3 Å². The summed E-state index contributed by atoms with van der Waals surface area (Å²) in [7, 11) is 0. The SMILES string of the molecule is Cl.O=C(Nc1cccc(C(F)(F)F)c1)c1ccccc1NC(=O)C1CNCCO1.